The molecule has 0 bridgehead atoms. The Morgan fingerprint density at radius 2 is 1.86 bits per heavy atom. The summed E-state index contributed by atoms with van der Waals surface area (Å²) in [6.07, 6.45) is 0. The van der Waals surface area contributed by atoms with E-state index in [4.69, 9.17) is 7.85 Å². The molecule has 2 radical (unpaired) electrons. The predicted octanol–water partition coefficient (Wildman–Crippen LogP) is 2.08. The van der Waals surface area contributed by atoms with Crippen LogP contribution in [0.1, 0.15) is 0 Å². The van der Waals surface area contributed by atoms with Gasteiger partial charge < -0.3 is 10.2 Å². The van der Waals surface area contributed by atoms with Crippen molar-refractivity contribution in [1.29, 1.82) is 0 Å². The Labute approximate surface area is 123 Å². The third-order valence-electron chi connectivity index (χ3n) is 2.99. The van der Waals surface area contributed by atoms with Crippen LogP contribution in [-0.4, -0.2) is 28.0 Å². The van der Waals surface area contributed by atoms with Gasteiger partial charge in [0.15, 0.2) is 11.5 Å². The van der Waals surface area contributed by atoms with Crippen LogP contribution in [0, 0.1) is 10.1 Å². The highest BCUT2D eigenvalue weighted by Gasteiger charge is 2.15. The zero-order chi connectivity index (χ0) is 15.1. The molecule has 2 N–H and O–H groups in total. The molecule has 1 heterocycles. The summed E-state index contributed by atoms with van der Waals surface area (Å²) in [5.74, 6) is -0.766. The van der Waals surface area contributed by atoms with Gasteiger partial charge in [-0.15, -0.1) is 11.3 Å². The Morgan fingerprint density at radius 1 is 1.19 bits per heavy atom. The number of nitro groups is 1. The standard InChI is InChI=1S/C13H7BN2O4S/c14-8-5-9-10(12(18)11(8)17)15-13(21-9)6-1-3-7(4-2-6)16(19)20/h1-5,17-18H. The van der Waals surface area contributed by atoms with Crippen molar-refractivity contribution in [2.45, 2.75) is 0 Å². The molecule has 0 fully saturated rings. The largest absolute Gasteiger partial charge is 0.505 e. The molecule has 8 heteroatoms. The van der Waals surface area contributed by atoms with Gasteiger partial charge in [-0.25, -0.2) is 4.98 Å². The third-order valence-corrected chi connectivity index (χ3v) is 4.04. The second kappa shape index (κ2) is 4.74. The molecule has 6 nitrogen and oxygen atoms in total. The number of fused-ring (bicyclic) bond motifs is 1. The highest BCUT2D eigenvalue weighted by Crippen LogP contribution is 2.37. The average Bonchev–Trinajstić information content (AvgIpc) is 2.89. The highest BCUT2D eigenvalue weighted by atomic mass is 32.1. The number of hydrogen-bond acceptors (Lipinski definition) is 6. The summed E-state index contributed by atoms with van der Waals surface area (Å²) in [7, 11) is 5.58. The number of aromatic nitrogens is 1. The highest BCUT2D eigenvalue weighted by molar-refractivity contribution is 7.21. The average molecular weight is 298 g/mol. The van der Waals surface area contributed by atoms with Crippen molar-refractivity contribution in [1.82, 2.24) is 4.98 Å². The molecule has 2 aromatic carbocycles. The maximum atomic E-state index is 10.6. The van der Waals surface area contributed by atoms with Crippen LogP contribution in [0.25, 0.3) is 20.8 Å². The number of phenols is 2. The smallest absolute Gasteiger partial charge is 0.269 e. The van der Waals surface area contributed by atoms with Crippen LogP contribution in [-0.2, 0) is 0 Å². The summed E-state index contributed by atoms with van der Waals surface area (Å²) in [6, 6.07) is 7.45. The lowest BCUT2D eigenvalue weighted by Crippen LogP contribution is -2.01. The van der Waals surface area contributed by atoms with E-state index in [0.717, 1.165) is 0 Å². The quantitative estimate of drug-likeness (QED) is 0.327. The molecular weight excluding hydrogens is 291 g/mol. The van der Waals surface area contributed by atoms with Crippen LogP contribution in [0.5, 0.6) is 11.5 Å². The van der Waals surface area contributed by atoms with Crippen LogP contribution in [0.2, 0.25) is 0 Å². The van der Waals surface area contributed by atoms with Crippen molar-refractivity contribution >= 4 is 40.5 Å². The van der Waals surface area contributed by atoms with Gasteiger partial charge in [-0.3, -0.25) is 10.1 Å². The predicted molar refractivity (Wildman–Crippen MR) is 80.4 cm³/mol. The Kier molecular flexibility index (Phi) is 3.02. The van der Waals surface area contributed by atoms with E-state index in [9.17, 15) is 20.3 Å². The first-order valence-corrected chi connectivity index (χ1v) is 6.65. The van der Waals surface area contributed by atoms with E-state index in [2.05, 4.69) is 4.98 Å². The molecule has 1 aromatic heterocycles. The minimum absolute atomic E-state index is 0.00963. The summed E-state index contributed by atoms with van der Waals surface area (Å²) >= 11 is 1.27. The van der Waals surface area contributed by atoms with Gasteiger partial charge in [-0.05, 0) is 18.2 Å². The molecule has 0 atom stereocenters. The minimum Gasteiger partial charge on any atom is -0.505 e. The number of phenolic OH excluding ortho intramolecular Hbond substituents is 2. The van der Waals surface area contributed by atoms with Crippen molar-refractivity contribution in [3.63, 3.8) is 0 Å². The number of thiazole rings is 1. The Bertz CT molecular complexity index is 861. The van der Waals surface area contributed by atoms with E-state index in [-0.39, 0.29) is 22.4 Å². The number of hydrogen-bond donors (Lipinski definition) is 2. The summed E-state index contributed by atoms with van der Waals surface area (Å²) < 4.78 is 0.621. The number of aromatic hydroxyl groups is 2. The zero-order valence-electron chi connectivity index (χ0n) is 10.5. The first kappa shape index (κ1) is 13.4. The van der Waals surface area contributed by atoms with Crippen molar-refractivity contribution in [3.05, 3.63) is 40.4 Å². The molecule has 0 saturated carbocycles. The van der Waals surface area contributed by atoms with Gasteiger partial charge in [0.2, 0.25) is 0 Å². The van der Waals surface area contributed by atoms with E-state index < -0.39 is 10.7 Å². The van der Waals surface area contributed by atoms with Crippen molar-refractivity contribution in [3.8, 4) is 22.1 Å². The second-order valence-corrected chi connectivity index (χ2v) is 5.36. The molecular formula is C13H7BN2O4S. The fourth-order valence-electron chi connectivity index (χ4n) is 1.91. The van der Waals surface area contributed by atoms with Crippen molar-refractivity contribution < 1.29 is 15.1 Å². The molecule has 0 unspecified atom stereocenters. The maximum Gasteiger partial charge on any atom is 0.269 e. The number of nitrogens with zero attached hydrogens (tertiary/aromatic N) is 2. The minimum atomic E-state index is -0.479. The molecule has 3 rings (SSSR count). The van der Waals surface area contributed by atoms with Gasteiger partial charge in [0.05, 0.1) is 9.62 Å². The Morgan fingerprint density at radius 3 is 2.48 bits per heavy atom. The first-order valence-electron chi connectivity index (χ1n) is 5.83. The maximum absolute atomic E-state index is 10.6. The van der Waals surface area contributed by atoms with Gasteiger partial charge in [-0.1, -0.05) is 5.46 Å². The fourth-order valence-corrected chi connectivity index (χ4v) is 2.93. The van der Waals surface area contributed by atoms with Gasteiger partial charge in [0, 0.05) is 17.7 Å². The second-order valence-electron chi connectivity index (χ2n) is 4.33. The molecule has 0 saturated heterocycles. The van der Waals surface area contributed by atoms with Crippen LogP contribution >= 0.6 is 11.3 Å². The van der Waals surface area contributed by atoms with E-state index in [0.29, 0.717) is 15.3 Å². The lowest BCUT2D eigenvalue weighted by Gasteiger charge is -2.01. The molecule has 0 aliphatic heterocycles. The summed E-state index contributed by atoms with van der Waals surface area (Å²) in [6.45, 7) is 0. The lowest BCUT2D eigenvalue weighted by atomic mass is 9.94. The van der Waals surface area contributed by atoms with Crippen LogP contribution < -0.4 is 5.46 Å². The van der Waals surface area contributed by atoms with E-state index in [1.807, 2.05) is 0 Å². The molecule has 0 amide bonds. The molecule has 0 spiro atoms. The van der Waals surface area contributed by atoms with Crippen LogP contribution in [0.4, 0.5) is 5.69 Å². The molecule has 102 valence electrons. The Balaban J connectivity index is 2.13. The number of non-ortho nitro benzene ring substituents is 1. The summed E-state index contributed by atoms with van der Waals surface area (Å²) in [5.41, 5.74) is 0.989. The zero-order valence-corrected chi connectivity index (χ0v) is 11.3. The SMILES string of the molecule is [B]c1cc2sc(-c3ccc([N+](=O)[O-])cc3)nc2c(O)c1O. The van der Waals surface area contributed by atoms with E-state index in [1.54, 1.807) is 12.1 Å². The first-order chi connectivity index (χ1) is 9.97. The van der Waals surface area contributed by atoms with Crippen LogP contribution in [0.3, 0.4) is 0 Å². The van der Waals surface area contributed by atoms with Gasteiger partial charge in [-0.2, -0.15) is 0 Å². The normalized spacial score (nSPS) is 10.9. The molecule has 0 aliphatic carbocycles. The van der Waals surface area contributed by atoms with E-state index in [1.165, 1.54) is 29.5 Å². The Hall–Kier alpha value is -2.61. The number of benzene rings is 2. The molecule has 21 heavy (non-hydrogen) atoms. The van der Waals surface area contributed by atoms with E-state index >= 15 is 0 Å². The third kappa shape index (κ3) is 2.19. The number of rotatable bonds is 2. The summed E-state index contributed by atoms with van der Waals surface area (Å²) in [5, 5.41) is 30.6. The van der Waals surface area contributed by atoms with Gasteiger partial charge >= 0.3 is 0 Å². The molecule has 0 aliphatic rings. The van der Waals surface area contributed by atoms with Gasteiger partial charge in [0.25, 0.3) is 5.69 Å². The van der Waals surface area contributed by atoms with Crippen molar-refractivity contribution in [2.24, 2.45) is 0 Å². The number of nitro benzene ring substituents is 1. The van der Waals surface area contributed by atoms with Crippen LogP contribution in [0.15, 0.2) is 30.3 Å². The monoisotopic (exact) mass is 298 g/mol. The fraction of sp³-hybridized carbons (Fsp3) is 0. The topological polar surface area (TPSA) is 96.5 Å². The molecule has 3 aromatic rings. The van der Waals surface area contributed by atoms with Gasteiger partial charge in [0.1, 0.15) is 18.4 Å². The summed E-state index contributed by atoms with van der Waals surface area (Å²) in [4.78, 5) is 14.4. The lowest BCUT2D eigenvalue weighted by molar-refractivity contribution is -0.384. The van der Waals surface area contributed by atoms with Crippen molar-refractivity contribution in [2.75, 3.05) is 0 Å².